The molecule has 1 unspecified atom stereocenters. The zero-order valence-electron chi connectivity index (χ0n) is 8.87. The van der Waals surface area contributed by atoms with Crippen molar-refractivity contribution in [2.24, 2.45) is 11.7 Å². The van der Waals surface area contributed by atoms with Crippen LogP contribution in [0.15, 0.2) is 24.3 Å². The number of halogens is 1. The summed E-state index contributed by atoms with van der Waals surface area (Å²) in [5.74, 6) is -0.607. The average molecular weight is 257 g/mol. The molecule has 0 saturated carbocycles. The maximum atomic E-state index is 11.5. The van der Waals surface area contributed by atoms with Crippen LogP contribution in [0.25, 0.3) is 0 Å². The van der Waals surface area contributed by atoms with E-state index in [1.165, 1.54) is 0 Å². The molecular weight excluding hydrogens is 244 g/mol. The van der Waals surface area contributed by atoms with Crippen LogP contribution in [0.1, 0.15) is 12.5 Å². The minimum absolute atomic E-state index is 0.164. The van der Waals surface area contributed by atoms with Crippen molar-refractivity contribution in [3.05, 3.63) is 34.9 Å². The van der Waals surface area contributed by atoms with E-state index < -0.39 is 5.92 Å². The fraction of sp³-hybridized carbons (Fsp3) is 0.273. The second-order valence-electron chi connectivity index (χ2n) is 3.47. The van der Waals surface area contributed by atoms with Crippen molar-refractivity contribution in [2.45, 2.75) is 13.5 Å². The predicted octanol–water partition coefficient (Wildman–Crippen LogP) is 1.88. The van der Waals surface area contributed by atoms with Crippen LogP contribution in [-0.2, 0) is 11.3 Å². The summed E-state index contributed by atoms with van der Waals surface area (Å²) in [5, 5.41) is 3.42. The molecule has 16 heavy (non-hydrogen) atoms. The van der Waals surface area contributed by atoms with Crippen molar-refractivity contribution >= 4 is 34.7 Å². The summed E-state index contributed by atoms with van der Waals surface area (Å²) in [4.78, 5) is 11.7. The van der Waals surface area contributed by atoms with Crippen molar-refractivity contribution in [1.29, 1.82) is 0 Å². The van der Waals surface area contributed by atoms with Crippen molar-refractivity contribution in [2.75, 3.05) is 0 Å². The van der Waals surface area contributed by atoms with Gasteiger partial charge in [0.15, 0.2) is 0 Å². The number of rotatable bonds is 4. The molecule has 3 N–H and O–H groups in total. The molecule has 0 radical (unpaired) electrons. The van der Waals surface area contributed by atoms with E-state index in [0.29, 0.717) is 11.6 Å². The van der Waals surface area contributed by atoms with E-state index in [4.69, 9.17) is 29.6 Å². The first-order chi connectivity index (χ1) is 7.50. The summed E-state index contributed by atoms with van der Waals surface area (Å²) in [5.41, 5.74) is 6.36. The summed E-state index contributed by atoms with van der Waals surface area (Å²) in [6.45, 7) is 2.13. The van der Waals surface area contributed by atoms with Gasteiger partial charge in [0.1, 0.15) is 0 Å². The molecule has 1 amide bonds. The molecule has 0 aromatic heterocycles. The molecule has 0 spiro atoms. The quantitative estimate of drug-likeness (QED) is 0.809. The average Bonchev–Trinajstić information content (AvgIpc) is 2.26. The molecule has 0 heterocycles. The number of carbonyl (C=O) groups is 1. The Labute approximate surface area is 105 Å². The molecule has 1 aromatic rings. The first-order valence-corrected chi connectivity index (χ1v) is 5.61. The van der Waals surface area contributed by atoms with Crippen LogP contribution in [0.4, 0.5) is 0 Å². The van der Waals surface area contributed by atoms with Gasteiger partial charge in [-0.1, -0.05) is 36.0 Å². The Morgan fingerprint density at radius 1 is 1.50 bits per heavy atom. The second-order valence-corrected chi connectivity index (χ2v) is 4.38. The minimum Gasteiger partial charge on any atom is -0.393 e. The standard InChI is InChI=1S/C11H13ClN2OS/c1-7(10(13)16)11(15)14-6-8-2-4-9(12)5-3-8/h2-5,7H,6H2,1H3,(H2,13,16)(H,14,15). The Balaban J connectivity index is 2.49. The monoisotopic (exact) mass is 256 g/mol. The molecule has 0 aliphatic heterocycles. The van der Waals surface area contributed by atoms with E-state index >= 15 is 0 Å². The van der Waals surface area contributed by atoms with E-state index in [-0.39, 0.29) is 10.9 Å². The zero-order chi connectivity index (χ0) is 12.1. The van der Waals surface area contributed by atoms with Crippen LogP contribution in [0, 0.1) is 5.92 Å². The Morgan fingerprint density at radius 2 is 2.06 bits per heavy atom. The Morgan fingerprint density at radius 3 is 2.56 bits per heavy atom. The lowest BCUT2D eigenvalue weighted by Crippen LogP contribution is -2.35. The topological polar surface area (TPSA) is 55.1 Å². The molecule has 3 nitrogen and oxygen atoms in total. The van der Waals surface area contributed by atoms with Crippen LogP contribution < -0.4 is 11.1 Å². The number of thiocarbonyl (C=S) groups is 1. The van der Waals surface area contributed by atoms with Crippen molar-refractivity contribution in [1.82, 2.24) is 5.32 Å². The highest BCUT2D eigenvalue weighted by Crippen LogP contribution is 2.09. The van der Waals surface area contributed by atoms with E-state index in [1.54, 1.807) is 19.1 Å². The Bertz CT molecular complexity index is 391. The van der Waals surface area contributed by atoms with Crippen molar-refractivity contribution < 1.29 is 4.79 Å². The molecule has 86 valence electrons. The normalized spacial score (nSPS) is 11.9. The van der Waals surface area contributed by atoms with Crippen LogP contribution in [0.3, 0.4) is 0 Å². The smallest absolute Gasteiger partial charge is 0.229 e. The van der Waals surface area contributed by atoms with Gasteiger partial charge in [0.25, 0.3) is 0 Å². The Kier molecular flexibility index (Phi) is 4.71. The van der Waals surface area contributed by atoms with E-state index in [2.05, 4.69) is 5.32 Å². The van der Waals surface area contributed by atoms with Crippen LogP contribution in [-0.4, -0.2) is 10.9 Å². The fourth-order valence-electron chi connectivity index (χ4n) is 1.07. The highest BCUT2D eigenvalue weighted by atomic mass is 35.5. The van der Waals surface area contributed by atoms with Crippen molar-refractivity contribution in [3.8, 4) is 0 Å². The van der Waals surface area contributed by atoms with Gasteiger partial charge in [0.05, 0.1) is 10.9 Å². The number of nitrogens with one attached hydrogen (secondary N) is 1. The van der Waals surface area contributed by atoms with Crippen LogP contribution in [0.5, 0.6) is 0 Å². The lowest BCUT2D eigenvalue weighted by Gasteiger charge is -2.10. The van der Waals surface area contributed by atoms with Gasteiger partial charge >= 0.3 is 0 Å². The van der Waals surface area contributed by atoms with Gasteiger partial charge in [-0.3, -0.25) is 4.79 Å². The van der Waals surface area contributed by atoms with E-state index in [1.807, 2.05) is 12.1 Å². The SMILES string of the molecule is CC(C(=O)NCc1ccc(Cl)cc1)C(N)=S. The van der Waals surface area contributed by atoms with Gasteiger partial charge in [-0.05, 0) is 24.6 Å². The molecule has 0 aliphatic carbocycles. The second kappa shape index (κ2) is 5.82. The number of carbonyl (C=O) groups excluding carboxylic acids is 1. The van der Waals surface area contributed by atoms with E-state index in [0.717, 1.165) is 5.56 Å². The number of hydrogen-bond donors (Lipinski definition) is 2. The molecule has 0 saturated heterocycles. The summed E-state index contributed by atoms with van der Waals surface area (Å²) >= 11 is 10.5. The third-order valence-electron chi connectivity index (χ3n) is 2.20. The lowest BCUT2D eigenvalue weighted by atomic mass is 10.1. The molecule has 0 bridgehead atoms. The third-order valence-corrected chi connectivity index (χ3v) is 2.81. The van der Waals surface area contributed by atoms with Crippen LogP contribution >= 0.6 is 23.8 Å². The molecule has 0 fully saturated rings. The minimum atomic E-state index is -0.442. The van der Waals surface area contributed by atoms with Crippen LogP contribution in [0.2, 0.25) is 5.02 Å². The molecule has 1 atom stereocenters. The highest BCUT2D eigenvalue weighted by Gasteiger charge is 2.14. The maximum Gasteiger partial charge on any atom is 0.229 e. The van der Waals surface area contributed by atoms with Gasteiger partial charge < -0.3 is 11.1 Å². The molecule has 1 aromatic carbocycles. The van der Waals surface area contributed by atoms with E-state index in [9.17, 15) is 4.79 Å². The summed E-state index contributed by atoms with van der Waals surface area (Å²) in [6.07, 6.45) is 0. The zero-order valence-corrected chi connectivity index (χ0v) is 10.4. The van der Waals surface area contributed by atoms with Gasteiger partial charge in [-0.2, -0.15) is 0 Å². The fourth-order valence-corrected chi connectivity index (χ4v) is 1.31. The van der Waals surface area contributed by atoms with Gasteiger partial charge in [0.2, 0.25) is 5.91 Å². The van der Waals surface area contributed by atoms with Gasteiger partial charge in [-0.15, -0.1) is 0 Å². The first-order valence-electron chi connectivity index (χ1n) is 4.82. The first kappa shape index (κ1) is 12.9. The molecule has 5 heteroatoms. The predicted molar refractivity (Wildman–Crippen MR) is 69.2 cm³/mol. The molecule has 1 rings (SSSR count). The highest BCUT2D eigenvalue weighted by molar-refractivity contribution is 7.80. The maximum absolute atomic E-state index is 11.5. The lowest BCUT2D eigenvalue weighted by molar-refractivity contribution is -0.122. The molecular formula is C11H13ClN2OS. The number of nitrogens with two attached hydrogens (primary N) is 1. The van der Waals surface area contributed by atoms with Crippen molar-refractivity contribution in [3.63, 3.8) is 0 Å². The summed E-state index contributed by atoms with van der Waals surface area (Å²) in [6, 6.07) is 7.27. The van der Waals surface area contributed by atoms with Gasteiger partial charge in [0, 0.05) is 11.6 Å². The number of benzene rings is 1. The molecule has 0 aliphatic rings. The summed E-state index contributed by atoms with van der Waals surface area (Å²) in [7, 11) is 0. The number of hydrogen-bond acceptors (Lipinski definition) is 2. The third kappa shape index (κ3) is 3.79. The Hall–Kier alpha value is -1.13. The van der Waals surface area contributed by atoms with Gasteiger partial charge in [-0.25, -0.2) is 0 Å². The largest absolute Gasteiger partial charge is 0.393 e. The summed E-state index contributed by atoms with van der Waals surface area (Å²) < 4.78 is 0. The number of amides is 1.